The topological polar surface area (TPSA) is 25.2 Å². The molecule has 3 heteroatoms. The molecular formula is C15H24ClNO. The molecule has 0 radical (unpaired) electrons. The second-order valence-corrected chi connectivity index (χ2v) is 6.82. The van der Waals surface area contributed by atoms with Gasteiger partial charge >= 0.3 is 0 Å². The van der Waals surface area contributed by atoms with E-state index in [2.05, 4.69) is 26.1 Å². The van der Waals surface area contributed by atoms with Crippen LogP contribution in [0.25, 0.3) is 0 Å². The van der Waals surface area contributed by atoms with Gasteiger partial charge in [0.1, 0.15) is 5.76 Å². The molecule has 1 heterocycles. The van der Waals surface area contributed by atoms with E-state index in [0.717, 1.165) is 18.2 Å². The maximum Gasteiger partial charge on any atom is 0.193 e. The largest absolute Gasteiger partial charge is 0.448 e. The van der Waals surface area contributed by atoms with E-state index in [1.807, 2.05) is 6.07 Å². The molecule has 1 fully saturated rings. The number of hydrogen-bond donors (Lipinski definition) is 1. The molecule has 2 nitrogen and oxygen atoms in total. The predicted molar refractivity (Wildman–Crippen MR) is 75.8 cm³/mol. The van der Waals surface area contributed by atoms with Crippen LogP contribution in [0, 0.1) is 11.3 Å². The Morgan fingerprint density at radius 3 is 2.61 bits per heavy atom. The van der Waals surface area contributed by atoms with Gasteiger partial charge in [-0.05, 0) is 47.9 Å². The molecule has 0 bridgehead atoms. The predicted octanol–water partition coefficient (Wildman–Crippen LogP) is 4.63. The normalized spacial score (nSPS) is 25.3. The number of hydrogen-bond acceptors (Lipinski definition) is 2. The van der Waals surface area contributed by atoms with Gasteiger partial charge in [0.2, 0.25) is 0 Å². The standard InChI is InChI=1S/C15H24ClNO/c1-15(2,3)12-6-4-5-7-13(12)17-10-11-8-9-14(16)18-11/h8-9,12-13,17H,4-7,10H2,1-3H3. The fraction of sp³-hybridized carbons (Fsp3) is 0.733. The average Bonchev–Trinajstić information content (AvgIpc) is 2.72. The molecular weight excluding hydrogens is 246 g/mol. The third kappa shape index (κ3) is 3.52. The van der Waals surface area contributed by atoms with E-state index in [0.29, 0.717) is 16.7 Å². The summed E-state index contributed by atoms with van der Waals surface area (Å²) in [6.07, 6.45) is 5.31. The molecule has 1 aliphatic rings. The molecule has 0 spiro atoms. The van der Waals surface area contributed by atoms with E-state index >= 15 is 0 Å². The first-order chi connectivity index (χ1) is 8.47. The zero-order valence-electron chi connectivity index (χ0n) is 11.6. The van der Waals surface area contributed by atoms with Crippen LogP contribution in [-0.2, 0) is 6.54 Å². The van der Waals surface area contributed by atoms with Crippen LogP contribution in [0.1, 0.15) is 52.2 Å². The Labute approximate surface area is 115 Å². The van der Waals surface area contributed by atoms with Gasteiger partial charge in [-0.25, -0.2) is 0 Å². The number of halogens is 1. The summed E-state index contributed by atoms with van der Waals surface area (Å²) in [6, 6.07) is 4.35. The number of furan rings is 1. The van der Waals surface area contributed by atoms with Crippen molar-refractivity contribution in [2.24, 2.45) is 11.3 Å². The van der Waals surface area contributed by atoms with Gasteiger partial charge in [-0.3, -0.25) is 0 Å². The van der Waals surface area contributed by atoms with E-state index in [4.69, 9.17) is 16.0 Å². The lowest BCUT2D eigenvalue weighted by atomic mass is 9.69. The molecule has 1 aromatic heterocycles. The van der Waals surface area contributed by atoms with Gasteiger partial charge in [-0.2, -0.15) is 0 Å². The van der Waals surface area contributed by atoms with Crippen LogP contribution in [0.3, 0.4) is 0 Å². The van der Waals surface area contributed by atoms with Crippen LogP contribution in [0.15, 0.2) is 16.5 Å². The van der Waals surface area contributed by atoms with Gasteiger partial charge in [0.25, 0.3) is 0 Å². The van der Waals surface area contributed by atoms with Crippen molar-refractivity contribution in [1.82, 2.24) is 5.32 Å². The minimum atomic E-state index is 0.374. The Morgan fingerprint density at radius 1 is 1.28 bits per heavy atom. The van der Waals surface area contributed by atoms with Crippen LogP contribution in [0.4, 0.5) is 0 Å². The van der Waals surface area contributed by atoms with Gasteiger partial charge < -0.3 is 9.73 Å². The zero-order chi connectivity index (χ0) is 13.2. The van der Waals surface area contributed by atoms with Gasteiger partial charge in [0.05, 0.1) is 6.54 Å². The van der Waals surface area contributed by atoms with Crippen LogP contribution in [-0.4, -0.2) is 6.04 Å². The van der Waals surface area contributed by atoms with Gasteiger partial charge in [-0.1, -0.05) is 33.6 Å². The highest BCUT2D eigenvalue weighted by molar-refractivity contribution is 6.28. The fourth-order valence-corrected chi connectivity index (χ4v) is 3.25. The van der Waals surface area contributed by atoms with Crippen molar-refractivity contribution in [3.8, 4) is 0 Å². The van der Waals surface area contributed by atoms with E-state index in [1.165, 1.54) is 25.7 Å². The molecule has 1 aliphatic carbocycles. The lowest BCUT2D eigenvalue weighted by Gasteiger charge is -2.40. The molecule has 2 rings (SSSR count). The maximum absolute atomic E-state index is 5.79. The van der Waals surface area contributed by atoms with E-state index in [9.17, 15) is 0 Å². The molecule has 102 valence electrons. The Hall–Kier alpha value is -0.470. The summed E-state index contributed by atoms with van der Waals surface area (Å²) < 4.78 is 5.40. The second kappa shape index (κ2) is 5.66. The summed E-state index contributed by atoms with van der Waals surface area (Å²) in [5, 5.41) is 4.13. The summed E-state index contributed by atoms with van der Waals surface area (Å²) in [4.78, 5) is 0. The summed E-state index contributed by atoms with van der Waals surface area (Å²) in [6.45, 7) is 7.83. The minimum Gasteiger partial charge on any atom is -0.448 e. The highest BCUT2D eigenvalue weighted by atomic mass is 35.5. The van der Waals surface area contributed by atoms with Crippen molar-refractivity contribution in [2.75, 3.05) is 0 Å². The first-order valence-corrected chi connectivity index (χ1v) is 7.32. The second-order valence-electron chi connectivity index (χ2n) is 6.45. The van der Waals surface area contributed by atoms with E-state index < -0.39 is 0 Å². The smallest absolute Gasteiger partial charge is 0.193 e. The highest BCUT2D eigenvalue weighted by Gasteiger charge is 2.33. The Kier molecular flexibility index (Phi) is 4.39. The quantitative estimate of drug-likeness (QED) is 0.866. The fourth-order valence-electron chi connectivity index (χ4n) is 3.09. The third-order valence-electron chi connectivity index (χ3n) is 4.05. The molecule has 2 unspecified atom stereocenters. The minimum absolute atomic E-state index is 0.374. The van der Waals surface area contributed by atoms with Crippen LogP contribution < -0.4 is 5.32 Å². The molecule has 0 amide bonds. The Morgan fingerprint density at radius 2 is 2.00 bits per heavy atom. The summed E-state index contributed by atoms with van der Waals surface area (Å²) in [5.74, 6) is 1.68. The van der Waals surface area contributed by atoms with Gasteiger partial charge in [0.15, 0.2) is 5.22 Å². The third-order valence-corrected chi connectivity index (χ3v) is 4.25. The molecule has 0 saturated heterocycles. The zero-order valence-corrected chi connectivity index (χ0v) is 12.4. The number of rotatable bonds is 3. The van der Waals surface area contributed by atoms with Gasteiger partial charge in [-0.15, -0.1) is 0 Å². The van der Waals surface area contributed by atoms with Crippen molar-refractivity contribution in [3.05, 3.63) is 23.1 Å². The van der Waals surface area contributed by atoms with Crippen LogP contribution >= 0.6 is 11.6 Å². The molecule has 2 atom stereocenters. The lowest BCUT2D eigenvalue weighted by molar-refractivity contribution is 0.128. The van der Waals surface area contributed by atoms with Crippen molar-refractivity contribution in [1.29, 1.82) is 0 Å². The van der Waals surface area contributed by atoms with Crippen LogP contribution in [0.2, 0.25) is 5.22 Å². The molecule has 1 saturated carbocycles. The molecule has 1 N–H and O–H groups in total. The summed E-state index contributed by atoms with van der Waals surface area (Å²) >= 11 is 5.79. The number of nitrogens with one attached hydrogen (secondary N) is 1. The molecule has 0 aliphatic heterocycles. The first kappa shape index (κ1) is 14.0. The summed E-state index contributed by atoms with van der Waals surface area (Å²) in [5.41, 5.74) is 0.374. The Balaban J connectivity index is 1.93. The lowest BCUT2D eigenvalue weighted by Crippen LogP contribution is -2.43. The van der Waals surface area contributed by atoms with Crippen LogP contribution in [0.5, 0.6) is 0 Å². The molecule has 18 heavy (non-hydrogen) atoms. The Bertz CT molecular complexity index is 380. The monoisotopic (exact) mass is 269 g/mol. The summed E-state index contributed by atoms with van der Waals surface area (Å²) in [7, 11) is 0. The first-order valence-electron chi connectivity index (χ1n) is 6.94. The van der Waals surface area contributed by atoms with E-state index in [1.54, 1.807) is 6.07 Å². The SMILES string of the molecule is CC(C)(C)C1CCCCC1NCc1ccc(Cl)o1. The molecule has 1 aromatic rings. The van der Waals surface area contributed by atoms with Gasteiger partial charge in [0, 0.05) is 6.04 Å². The maximum atomic E-state index is 5.79. The van der Waals surface area contributed by atoms with Crippen molar-refractivity contribution < 1.29 is 4.42 Å². The average molecular weight is 270 g/mol. The van der Waals surface area contributed by atoms with Crippen molar-refractivity contribution in [3.63, 3.8) is 0 Å². The molecule has 0 aromatic carbocycles. The van der Waals surface area contributed by atoms with E-state index in [-0.39, 0.29) is 0 Å². The van der Waals surface area contributed by atoms with Crippen molar-refractivity contribution in [2.45, 2.75) is 59.0 Å². The van der Waals surface area contributed by atoms with Crippen molar-refractivity contribution >= 4 is 11.6 Å². The highest BCUT2D eigenvalue weighted by Crippen LogP contribution is 2.38.